The summed E-state index contributed by atoms with van der Waals surface area (Å²) in [5.41, 5.74) is 7.42. The summed E-state index contributed by atoms with van der Waals surface area (Å²) in [4.78, 5) is 0. The molecule has 0 heteroatoms. The zero-order valence-electron chi connectivity index (χ0n) is 20.9. The van der Waals surface area contributed by atoms with Gasteiger partial charge in [-0.25, -0.2) is 0 Å². The van der Waals surface area contributed by atoms with Gasteiger partial charge in [-0.1, -0.05) is 86.0 Å². The van der Waals surface area contributed by atoms with E-state index in [0.29, 0.717) is 0 Å². The van der Waals surface area contributed by atoms with E-state index in [1.165, 1.54) is 93.7 Å². The Morgan fingerprint density at radius 2 is 1.48 bits per heavy atom. The van der Waals surface area contributed by atoms with Gasteiger partial charge in [-0.2, -0.15) is 0 Å². The summed E-state index contributed by atoms with van der Waals surface area (Å²) in [6.07, 6.45) is 21.8. The van der Waals surface area contributed by atoms with Crippen molar-refractivity contribution in [1.82, 2.24) is 0 Å². The predicted molar refractivity (Wildman–Crippen MR) is 145 cm³/mol. The molecule has 1 fully saturated rings. The maximum absolute atomic E-state index is 3.87. The molecule has 4 rings (SSSR count). The second-order valence-electron chi connectivity index (χ2n) is 10.6. The van der Waals surface area contributed by atoms with Crippen LogP contribution in [0.25, 0.3) is 11.1 Å². The molecule has 2 aromatic rings. The second-order valence-corrected chi connectivity index (χ2v) is 10.6. The summed E-state index contributed by atoms with van der Waals surface area (Å²) >= 11 is 0. The molecule has 2 aliphatic rings. The number of unbranched alkanes of at least 4 members (excludes halogenated alkanes) is 2. The molecular weight excluding hydrogens is 396 g/mol. The van der Waals surface area contributed by atoms with E-state index in [9.17, 15) is 0 Å². The van der Waals surface area contributed by atoms with Crippen LogP contribution in [0.3, 0.4) is 0 Å². The number of allylic oxidation sites excluding steroid dienone is 3. The molecule has 2 aromatic carbocycles. The topological polar surface area (TPSA) is 0 Å². The number of benzene rings is 2. The van der Waals surface area contributed by atoms with Crippen LogP contribution in [0.4, 0.5) is 0 Å². The van der Waals surface area contributed by atoms with Crippen molar-refractivity contribution in [2.45, 2.75) is 96.3 Å². The molecule has 1 saturated carbocycles. The summed E-state index contributed by atoms with van der Waals surface area (Å²) in [6, 6.07) is 18.8. The van der Waals surface area contributed by atoms with Crippen molar-refractivity contribution in [3.05, 3.63) is 84.0 Å². The van der Waals surface area contributed by atoms with Gasteiger partial charge in [-0.15, -0.1) is 6.58 Å². The molecule has 0 aromatic heterocycles. The third kappa shape index (κ3) is 6.72. The van der Waals surface area contributed by atoms with E-state index >= 15 is 0 Å². The van der Waals surface area contributed by atoms with Crippen molar-refractivity contribution in [3.63, 3.8) is 0 Å². The van der Waals surface area contributed by atoms with Crippen LogP contribution in [0.15, 0.2) is 72.8 Å². The first-order valence-electron chi connectivity index (χ1n) is 13.7. The van der Waals surface area contributed by atoms with Gasteiger partial charge in [-0.05, 0) is 111 Å². The SMILES string of the molecule is C=CCCC1=CCC(C2CCC(c3ccc(-c4ccc(CCCCC)cc4)cc3)CC2)CC1. The molecule has 1 unspecified atom stereocenters. The number of rotatable bonds is 10. The van der Waals surface area contributed by atoms with Crippen molar-refractivity contribution in [1.29, 1.82) is 0 Å². The maximum atomic E-state index is 3.87. The largest absolute Gasteiger partial charge is 0.103 e. The minimum absolute atomic E-state index is 0.763. The quantitative estimate of drug-likeness (QED) is 0.254. The number of hydrogen-bond donors (Lipinski definition) is 0. The summed E-state index contributed by atoms with van der Waals surface area (Å²) in [5, 5.41) is 0. The average Bonchev–Trinajstić information content (AvgIpc) is 2.89. The fourth-order valence-corrected chi connectivity index (χ4v) is 6.17. The van der Waals surface area contributed by atoms with E-state index in [1.807, 2.05) is 0 Å². The van der Waals surface area contributed by atoms with Gasteiger partial charge in [0.25, 0.3) is 0 Å². The van der Waals surface area contributed by atoms with Gasteiger partial charge in [0, 0.05) is 0 Å². The first kappa shape index (κ1) is 24.1. The van der Waals surface area contributed by atoms with Gasteiger partial charge >= 0.3 is 0 Å². The number of hydrogen-bond acceptors (Lipinski definition) is 0. The Morgan fingerprint density at radius 3 is 2.09 bits per heavy atom. The molecule has 0 saturated heterocycles. The van der Waals surface area contributed by atoms with E-state index in [0.717, 1.165) is 24.2 Å². The Bertz CT molecular complexity index is 875. The van der Waals surface area contributed by atoms with Gasteiger partial charge in [-0.3, -0.25) is 0 Å². The van der Waals surface area contributed by atoms with Gasteiger partial charge in [0.1, 0.15) is 0 Å². The van der Waals surface area contributed by atoms with Crippen LogP contribution in [0.5, 0.6) is 0 Å². The van der Waals surface area contributed by atoms with Gasteiger partial charge in [0.05, 0.1) is 0 Å². The Kier molecular flexibility index (Phi) is 9.04. The van der Waals surface area contributed by atoms with E-state index in [4.69, 9.17) is 0 Å². The van der Waals surface area contributed by atoms with Gasteiger partial charge < -0.3 is 0 Å². The van der Waals surface area contributed by atoms with Crippen LogP contribution in [-0.2, 0) is 6.42 Å². The van der Waals surface area contributed by atoms with E-state index < -0.39 is 0 Å². The molecule has 0 heterocycles. The van der Waals surface area contributed by atoms with Crippen molar-refractivity contribution in [2.75, 3.05) is 0 Å². The molecule has 176 valence electrons. The van der Waals surface area contributed by atoms with Gasteiger partial charge in [0.15, 0.2) is 0 Å². The smallest absolute Gasteiger partial charge is 0.0162 e. The van der Waals surface area contributed by atoms with Crippen LogP contribution >= 0.6 is 0 Å². The summed E-state index contributed by atoms with van der Waals surface area (Å²) < 4.78 is 0. The normalized spacial score (nSPS) is 23.2. The zero-order valence-corrected chi connectivity index (χ0v) is 20.9. The molecule has 0 nitrogen and oxygen atoms in total. The minimum atomic E-state index is 0.763. The van der Waals surface area contributed by atoms with Gasteiger partial charge in [0.2, 0.25) is 0 Å². The fraction of sp³-hybridized carbons (Fsp3) is 0.515. The highest BCUT2D eigenvalue weighted by Gasteiger charge is 2.29. The van der Waals surface area contributed by atoms with Crippen LogP contribution < -0.4 is 0 Å². The highest BCUT2D eigenvalue weighted by molar-refractivity contribution is 5.64. The summed E-state index contributed by atoms with van der Waals surface area (Å²) in [7, 11) is 0. The molecule has 2 aliphatic carbocycles. The van der Waals surface area contributed by atoms with Crippen molar-refractivity contribution < 1.29 is 0 Å². The van der Waals surface area contributed by atoms with E-state index in [2.05, 4.69) is 74.2 Å². The van der Waals surface area contributed by atoms with Crippen LogP contribution in [0, 0.1) is 11.8 Å². The molecule has 1 atom stereocenters. The molecule has 0 N–H and O–H groups in total. The molecule has 0 amide bonds. The van der Waals surface area contributed by atoms with E-state index in [-0.39, 0.29) is 0 Å². The molecule has 0 bridgehead atoms. The van der Waals surface area contributed by atoms with Crippen molar-refractivity contribution >= 4 is 0 Å². The highest BCUT2D eigenvalue weighted by atomic mass is 14.3. The standard InChI is InChI=1S/C33H44/c1-3-5-7-9-27-12-16-29(17-13-27)31-20-24-33(25-21-31)32-22-18-30(19-23-32)28-14-10-26(11-15-28)8-6-4-2/h4,10,12-13,16-17,20-21,24-25,28,30,32H,2-3,5-9,11,14-15,18-19,22-23H2,1H3. The molecule has 0 radical (unpaired) electrons. The first-order valence-corrected chi connectivity index (χ1v) is 13.7. The fourth-order valence-electron chi connectivity index (χ4n) is 6.17. The zero-order chi connectivity index (χ0) is 22.9. The summed E-state index contributed by atoms with van der Waals surface area (Å²) in [5.74, 6) is 2.65. The molecule has 33 heavy (non-hydrogen) atoms. The van der Waals surface area contributed by atoms with Crippen LogP contribution in [0.1, 0.15) is 101 Å². The average molecular weight is 441 g/mol. The van der Waals surface area contributed by atoms with E-state index in [1.54, 1.807) is 11.1 Å². The third-order valence-electron chi connectivity index (χ3n) is 8.39. The number of aryl methyl sites for hydroxylation is 1. The highest BCUT2D eigenvalue weighted by Crippen LogP contribution is 2.43. The minimum Gasteiger partial charge on any atom is -0.103 e. The maximum Gasteiger partial charge on any atom is -0.0162 e. The lowest BCUT2D eigenvalue weighted by Gasteiger charge is -2.35. The van der Waals surface area contributed by atoms with Crippen LogP contribution in [0.2, 0.25) is 0 Å². The third-order valence-corrected chi connectivity index (χ3v) is 8.39. The lowest BCUT2D eigenvalue weighted by molar-refractivity contribution is 0.217. The Hall–Kier alpha value is -2.08. The van der Waals surface area contributed by atoms with Crippen LogP contribution in [-0.4, -0.2) is 0 Å². The lowest BCUT2D eigenvalue weighted by Crippen LogP contribution is -2.22. The van der Waals surface area contributed by atoms with Crippen molar-refractivity contribution in [2.24, 2.45) is 11.8 Å². The summed E-state index contributed by atoms with van der Waals surface area (Å²) in [6.45, 7) is 6.14. The monoisotopic (exact) mass is 440 g/mol. The first-order chi connectivity index (χ1) is 16.3. The van der Waals surface area contributed by atoms with Crippen molar-refractivity contribution in [3.8, 4) is 11.1 Å². The molecule has 0 aliphatic heterocycles. The Morgan fingerprint density at radius 1 is 0.788 bits per heavy atom. The Balaban J connectivity index is 1.26. The molecular formula is C33H44. The lowest BCUT2D eigenvalue weighted by atomic mass is 9.70. The predicted octanol–water partition coefficient (Wildman–Crippen LogP) is 10.1. The Labute approximate surface area is 203 Å². The molecule has 0 spiro atoms. The second kappa shape index (κ2) is 12.4.